The van der Waals surface area contributed by atoms with Crippen molar-refractivity contribution in [3.05, 3.63) is 29.8 Å². The largest absolute Gasteiger partial charge is 0.492 e. The summed E-state index contributed by atoms with van der Waals surface area (Å²) in [6, 6.07) is 7.86. The van der Waals surface area contributed by atoms with Crippen LogP contribution in [0.1, 0.15) is 18.4 Å². The lowest BCUT2D eigenvalue weighted by molar-refractivity contribution is -0.136. The van der Waals surface area contributed by atoms with Crippen molar-refractivity contribution in [3.63, 3.8) is 0 Å². The average molecular weight is 329 g/mol. The van der Waals surface area contributed by atoms with E-state index < -0.39 is 5.41 Å². The van der Waals surface area contributed by atoms with E-state index in [0.717, 1.165) is 11.3 Å². The summed E-state index contributed by atoms with van der Waals surface area (Å²) >= 11 is 0. The highest BCUT2D eigenvalue weighted by molar-refractivity contribution is 5.85. The molecule has 0 radical (unpaired) electrons. The lowest BCUT2D eigenvalue weighted by atomic mass is 9.79. The highest BCUT2D eigenvalue weighted by Crippen LogP contribution is 2.29. The Kier molecular flexibility index (Phi) is 7.65. The van der Waals surface area contributed by atoms with Crippen LogP contribution in [0.4, 0.5) is 0 Å². The van der Waals surface area contributed by atoms with E-state index in [9.17, 15) is 4.79 Å². The first-order valence-corrected chi connectivity index (χ1v) is 7.42. The van der Waals surface area contributed by atoms with E-state index in [0.29, 0.717) is 45.8 Å². The molecule has 0 saturated carbocycles. The van der Waals surface area contributed by atoms with Gasteiger partial charge in [0.1, 0.15) is 12.4 Å². The number of hydrogen-bond acceptors (Lipinski definition) is 4. The smallest absolute Gasteiger partial charge is 0.227 e. The number of benzene rings is 1. The van der Waals surface area contributed by atoms with Crippen LogP contribution in [0.2, 0.25) is 0 Å². The first-order chi connectivity index (χ1) is 10.2. The molecule has 1 aliphatic heterocycles. The minimum absolute atomic E-state index is 0. The number of nitrogens with one attached hydrogen (secondary N) is 1. The zero-order valence-electron chi connectivity index (χ0n) is 13.0. The van der Waals surface area contributed by atoms with Gasteiger partial charge in [-0.25, -0.2) is 0 Å². The van der Waals surface area contributed by atoms with Gasteiger partial charge < -0.3 is 20.5 Å². The molecule has 0 aromatic heterocycles. The molecule has 2 rings (SSSR count). The number of hydrogen-bond donors (Lipinski definition) is 2. The fourth-order valence-corrected chi connectivity index (χ4v) is 2.51. The van der Waals surface area contributed by atoms with E-state index in [1.54, 1.807) is 0 Å². The summed E-state index contributed by atoms with van der Waals surface area (Å²) in [5.74, 6) is 0.838. The van der Waals surface area contributed by atoms with Crippen LogP contribution in [-0.2, 0) is 9.53 Å². The third-order valence-corrected chi connectivity index (χ3v) is 3.97. The third kappa shape index (κ3) is 4.87. The number of carbonyl (C=O) groups excluding carboxylic acids is 1. The van der Waals surface area contributed by atoms with Crippen molar-refractivity contribution in [1.29, 1.82) is 0 Å². The van der Waals surface area contributed by atoms with E-state index in [1.807, 2.05) is 31.2 Å². The molecular weight excluding hydrogens is 304 g/mol. The molecule has 0 aliphatic carbocycles. The number of rotatable bonds is 6. The zero-order valence-corrected chi connectivity index (χ0v) is 13.8. The maximum Gasteiger partial charge on any atom is 0.227 e. The van der Waals surface area contributed by atoms with Crippen LogP contribution >= 0.6 is 12.4 Å². The molecule has 1 aliphatic rings. The molecular formula is C16H25ClN2O3. The van der Waals surface area contributed by atoms with E-state index in [4.69, 9.17) is 15.2 Å². The van der Waals surface area contributed by atoms with E-state index >= 15 is 0 Å². The average Bonchev–Trinajstić information content (AvgIpc) is 2.52. The van der Waals surface area contributed by atoms with E-state index in [1.165, 1.54) is 0 Å². The maximum atomic E-state index is 12.3. The maximum absolute atomic E-state index is 12.3. The van der Waals surface area contributed by atoms with E-state index in [-0.39, 0.29) is 18.3 Å². The lowest BCUT2D eigenvalue weighted by Crippen LogP contribution is -2.49. The number of ether oxygens (including phenoxy) is 2. The van der Waals surface area contributed by atoms with Gasteiger partial charge in [-0.3, -0.25) is 4.79 Å². The molecule has 1 aromatic carbocycles. The minimum Gasteiger partial charge on any atom is -0.492 e. The van der Waals surface area contributed by atoms with E-state index in [2.05, 4.69) is 5.32 Å². The van der Waals surface area contributed by atoms with Gasteiger partial charge in [0.05, 0.1) is 12.0 Å². The van der Waals surface area contributed by atoms with Gasteiger partial charge in [-0.05, 0) is 37.5 Å². The normalized spacial score (nSPS) is 16.5. The summed E-state index contributed by atoms with van der Waals surface area (Å²) in [5.41, 5.74) is 6.49. The molecule has 6 heteroatoms. The number of halogens is 1. The van der Waals surface area contributed by atoms with Crippen molar-refractivity contribution >= 4 is 18.3 Å². The van der Waals surface area contributed by atoms with Crippen LogP contribution in [0.3, 0.4) is 0 Å². The molecule has 1 amide bonds. The molecule has 5 nitrogen and oxygen atoms in total. The zero-order chi connectivity index (χ0) is 15.1. The summed E-state index contributed by atoms with van der Waals surface area (Å²) in [6.45, 7) is 4.52. The van der Waals surface area contributed by atoms with Gasteiger partial charge >= 0.3 is 0 Å². The monoisotopic (exact) mass is 328 g/mol. The minimum atomic E-state index is -0.471. The van der Waals surface area contributed by atoms with Gasteiger partial charge in [0.2, 0.25) is 5.91 Å². The summed E-state index contributed by atoms with van der Waals surface area (Å²) in [7, 11) is 0. The second-order valence-corrected chi connectivity index (χ2v) is 5.52. The number of aryl methyl sites for hydroxylation is 1. The molecule has 0 bridgehead atoms. The first kappa shape index (κ1) is 18.7. The first-order valence-electron chi connectivity index (χ1n) is 7.42. The van der Waals surface area contributed by atoms with Crippen LogP contribution in [0.5, 0.6) is 5.75 Å². The summed E-state index contributed by atoms with van der Waals surface area (Å²) in [5, 5.41) is 2.93. The van der Waals surface area contributed by atoms with Crippen LogP contribution in [0.15, 0.2) is 24.3 Å². The van der Waals surface area contributed by atoms with Crippen molar-refractivity contribution < 1.29 is 14.3 Å². The second-order valence-electron chi connectivity index (χ2n) is 5.52. The van der Waals surface area contributed by atoms with Crippen molar-refractivity contribution in [2.24, 2.45) is 11.1 Å². The molecule has 22 heavy (non-hydrogen) atoms. The molecule has 1 heterocycles. The molecule has 1 fully saturated rings. The Labute approximate surface area is 138 Å². The topological polar surface area (TPSA) is 73.6 Å². The van der Waals surface area contributed by atoms with Crippen molar-refractivity contribution in [2.45, 2.75) is 19.8 Å². The standard InChI is InChI=1S/C16H24N2O3.ClH/c1-13-3-2-4-14(11-13)21-10-7-18-15(19)16(12-17)5-8-20-9-6-16;/h2-4,11H,5-10,12,17H2,1H3,(H,18,19);1H. The van der Waals surface area contributed by atoms with Crippen LogP contribution in [-0.4, -0.2) is 38.8 Å². The lowest BCUT2D eigenvalue weighted by Gasteiger charge is -2.34. The SMILES string of the molecule is Cc1cccc(OCCNC(=O)C2(CN)CCOCC2)c1.Cl. The van der Waals surface area contributed by atoms with Gasteiger partial charge in [0, 0.05) is 19.8 Å². The molecule has 124 valence electrons. The Morgan fingerprint density at radius 1 is 1.41 bits per heavy atom. The third-order valence-electron chi connectivity index (χ3n) is 3.97. The molecule has 0 unspecified atom stereocenters. The Balaban J connectivity index is 0.00000242. The quantitative estimate of drug-likeness (QED) is 0.779. The predicted octanol–water partition coefficient (Wildman–Crippen LogP) is 1.67. The van der Waals surface area contributed by atoms with Gasteiger partial charge in [0.15, 0.2) is 0 Å². The molecule has 0 atom stereocenters. The van der Waals surface area contributed by atoms with Crippen LogP contribution < -0.4 is 15.8 Å². The second kappa shape index (κ2) is 8.98. The molecule has 3 N–H and O–H groups in total. The van der Waals surface area contributed by atoms with Gasteiger partial charge in [0.25, 0.3) is 0 Å². The van der Waals surface area contributed by atoms with Gasteiger partial charge in [-0.1, -0.05) is 12.1 Å². The summed E-state index contributed by atoms with van der Waals surface area (Å²) < 4.78 is 10.9. The molecule has 1 aromatic rings. The van der Waals surface area contributed by atoms with Crippen LogP contribution in [0.25, 0.3) is 0 Å². The predicted molar refractivity (Wildman–Crippen MR) is 88.5 cm³/mol. The summed E-state index contributed by atoms with van der Waals surface area (Å²) in [4.78, 5) is 12.3. The summed E-state index contributed by atoms with van der Waals surface area (Å²) in [6.07, 6.45) is 1.38. The van der Waals surface area contributed by atoms with Crippen molar-refractivity contribution in [1.82, 2.24) is 5.32 Å². The molecule has 0 spiro atoms. The number of nitrogens with two attached hydrogens (primary N) is 1. The fourth-order valence-electron chi connectivity index (χ4n) is 2.51. The molecule has 1 saturated heterocycles. The number of amides is 1. The highest BCUT2D eigenvalue weighted by atomic mass is 35.5. The van der Waals surface area contributed by atoms with Crippen LogP contribution in [0, 0.1) is 12.3 Å². The van der Waals surface area contributed by atoms with Gasteiger partial charge in [-0.2, -0.15) is 0 Å². The number of carbonyl (C=O) groups is 1. The Morgan fingerprint density at radius 2 is 2.14 bits per heavy atom. The Hall–Kier alpha value is -1.30. The van der Waals surface area contributed by atoms with Crippen molar-refractivity contribution in [2.75, 3.05) is 32.9 Å². The van der Waals surface area contributed by atoms with Crippen molar-refractivity contribution in [3.8, 4) is 5.75 Å². The van der Waals surface area contributed by atoms with Gasteiger partial charge in [-0.15, -0.1) is 12.4 Å². The Bertz CT molecular complexity index is 476. The Morgan fingerprint density at radius 3 is 2.77 bits per heavy atom. The fraction of sp³-hybridized carbons (Fsp3) is 0.562. The highest BCUT2D eigenvalue weighted by Gasteiger charge is 2.38.